The number of rotatable bonds is 12. The molecule has 0 spiro atoms. The molecule has 1 unspecified atom stereocenters. The molecule has 0 saturated carbocycles. The van der Waals surface area contributed by atoms with Crippen molar-refractivity contribution < 1.29 is 33.5 Å². The van der Waals surface area contributed by atoms with Crippen molar-refractivity contribution in [1.82, 2.24) is 10.4 Å². The molecule has 0 bridgehead atoms. The van der Waals surface area contributed by atoms with Gasteiger partial charge in [-0.15, -0.1) is 11.0 Å². The first-order valence-electron chi connectivity index (χ1n) is 12.0. The minimum absolute atomic E-state index is 0.0113. The SMILES string of the molecule is CC(C)(CNC(=O)COC1C#CCCCCC1)COCC(C)(C)CC(=O)ON1C(=O)CCC1=O. The zero-order chi connectivity index (χ0) is 25.2. The third-order valence-electron chi connectivity index (χ3n) is 5.52. The van der Waals surface area contributed by atoms with Crippen LogP contribution in [0.2, 0.25) is 0 Å². The largest absolute Gasteiger partial charge is 0.380 e. The highest BCUT2D eigenvalue weighted by molar-refractivity contribution is 6.01. The van der Waals surface area contributed by atoms with Crippen molar-refractivity contribution in [3.8, 4) is 11.8 Å². The second kappa shape index (κ2) is 12.9. The van der Waals surface area contributed by atoms with Gasteiger partial charge in [0.25, 0.3) is 11.8 Å². The van der Waals surface area contributed by atoms with Crippen molar-refractivity contribution >= 4 is 23.7 Å². The Bertz CT molecular complexity index is 794. The summed E-state index contributed by atoms with van der Waals surface area (Å²) in [5.41, 5.74) is -0.893. The van der Waals surface area contributed by atoms with Crippen molar-refractivity contribution in [2.24, 2.45) is 10.8 Å². The molecule has 0 radical (unpaired) electrons. The number of nitrogens with zero attached hydrogens (tertiary/aromatic N) is 1. The molecule has 1 N–H and O–H groups in total. The molecule has 1 fully saturated rings. The number of amides is 3. The van der Waals surface area contributed by atoms with E-state index in [0.29, 0.717) is 18.2 Å². The summed E-state index contributed by atoms with van der Waals surface area (Å²) in [6.07, 6.45) is 5.00. The zero-order valence-electron chi connectivity index (χ0n) is 20.9. The van der Waals surface area contributed by atoms with Crippen LogP contribution in [0.4, 0.5) is 0 Å². The lowest BCUT2D eigenvalue weighted by Crippen LogP contribution is -2.39. The van der Waals surface area contributed by atoms with Gasteiger partial charge in [-0.1, -0.05) is 40.0 Å². The normalized spacial score (nSPS) is 19.2. The lowest BCUT2D eigenvalue weighted by atomic mass is 9.90. The van der Waals surface area contributed by atoms with Crippen molar-refractivity contribution in [1.29, 1.82) is 0 Å². The van der Waals surface area contributed by atoms with Gasteiger partial charge in [-0.25, -0.2) is 4.79 Å². The smallest absolute Gasteiger partial charge is 0.333 e. The van der Waals surface area contributed by atoms with Crippen molar-refractivity contribution in [3.05, 3.63) is 0 Å². The molecule has 1 aliphatic heterocycles. The van der Waals surface area contributed by atoms with Gasteiger partial charge in [0.1, 0.15) is 12.7 Å². The van der Waals surface area contributed by atoms with Gasteiger partial charge in [-0.05, 0) is 24.7 Å². The monoisotopic (exact) mass is 478 g/mol. The Labute approximate surface area is 202 Å². The van der Waals surface area contributed by atoms with E-state index in [1.807, 2.05) is 27.7 Å². The van der Waals surface area contributed by atoms with E-state index in [-0.39, 0.29) is 49.9 Å². The van der Waals surface area contributed by atoms with E-state index in [2.05, 4.69) is 17.2 Å². The maximum atomic E-state index is 12.2. The lowest BCUT2D eigenvalue weighted by Gasteiger charge is -2.29. The summed E-state index contributed by atoms with van der Waals surface area (Å²) in [7, 11) is 0. The highest BCUT2D eigenvalue weighted by atomic mass is 16.7. The van der Waals surface area contributed by atoms with Crippen LogP contribution >= 0.6 is 0 Å². The maximum Gasteiger partial charge on any atom is 0.333 e. The van der Waals surface area contributed by atoms with Crippen molar-refractivity contribution in [3.63, 3.8) is 0 Å². The van der Waals surface area contributed by atoms with E-state index < -0.39 is 23.2 Å². The summed E-state index contributed by atoms with van der Waals surface area (Å²) in [6.45, 7) is 8.65. The quantitative estimate of drug-likeness (QED) is 0.339. The third kappa shape index (κ3) is 10.2. The molecular weight excluding hydrogens is 440 g/mol. The third-order valence-corrected chi connectivity index (χ3v) is 5.52. The lowest BCUT2D eigenvalue weighted by molar-refractivity contribution is -0.199. The van der Waals surface area contributed by atoms with Crippen LogP contribution in [0.1, 0.15) is 79.1 Å². The highest BCUT2D eigenvalue weighted by Crippen LogP contribution is 2.24. The predicted octanol–water partition coefficient (Wildman–Crippen LogP) is 2.52. The van der Waals surface area contributed by atoms with Crippen LogP contribution in [0.15, 0.2) is 0 Å². The summed E-state index contributed by atoms with van der Waals surface area (Å²) in [6, 6.07) is 0. The fraction of sp³-hybridized carbons (Fsp3) is 0.760. The fourth-order valence-corrected chi connectivity index (χ4v) is 3.56. The van der Waals surface area contributed by atoms with E-state index in [1.54, 1.807) is 0 Å². The van der Waals surface area contributed by atoms with E-state index in [9.17, 15) is 19.2 Å². The topological polar surface area (TPSA) is 111 Å². The number of nitrogens with one attached hydrogen (secondary N) is 1. The molecule has 9 heteroatoms. The average Bonchev–Trinajstić information content (AvgIpc) is 3.02. The van der Waals surface area contributed by atoms with Crippen LogP contribution in [-0.2, 0) is 33.5 Å². The van der Waals surface area contributed by atoms with Crippen LogP contribution in [0, 0.1) is 22.7 Å². The van der Waals surface area contributed by atoms with Gasteiger partial charge in [0, 0.05) is 31.2 Å². The molecular formula is C25H38N2O7. The first-order valence-corrected chi connectivity index (χ1v) is 12.0. The number of hydroxylamine groups is 2. The van der Waals surface area contributed by atoms with Crippen LogP contribution in [0.3, 0.4) is 0 Å². The number of ether oxygens (including phenoxy) is 2. The summed E-state index contributed by atoms with van der Waals surface area (Å²) in [5.74, 6) is 4.34. The molecule has 1 heterocycles. The predicted molar refractivity (Wildman–Crippen MR) is 124 cm³/mol. The van der Waals surface area contributed by atoms with Gasteiger partial charge >= 0.3 is 5.97 Å². The van der Waals surface area contributed by atoms with Gasteiger partial charge in [-0.3, -0.25) is 14.4 Å². The average molecular weight is 479 g/mol. The molecule has 3 amide bonds. The van der Waals surface area contributed by atoms with Crippen LogP contribution in [0.5, 0.6) is 0 Å². The molecule has 0 aromatic carbocycles. The molecule has 2 rings (SSSR count). The van der Waals surface area contributed by atoms with Crippen molar-refractivity contribution in [2.45, 2.75) is 85.2 Å². The molecule has 2 aliphatic rings. The van der Waals surface area contributed by atoms with Gasteiger partial charge in [-0.2, -0.15) is 0 Å². The molecule has 1 saturated heterocycles. The summed E-state index contributed by atoms with van der Waals surface area (Å²) in [4.78, 5) is 52.5. The summed E-state index contributed by atoms with van der Waals surface area (Å²) in [5, 5.41) is 3.44. The Kier molecular flexibility index (Phi) is 10.5. The number of hydrogen-bond donors (Lipinski definition) is 1. The first-order chi connectivity index (χ1) is 16.0. The molecule has 0 aromatic rings. The van der Waals surface area contributed by atoms with E-state index >= 15 is 0 Å². The second-order valence-electron chi connectivity index (χ2n) is 10.5. The summed E-state index contributed by atoms with van der Waals surface area (Å²) < 4.78 is 11.5. The first kappa shape index (κ1) is 27.8. The molecule has 190 valence electrons. The Morgan fingerprint density at radius 2 is 1.71 bits per heavy atom. The van der Waals surface area contributed by atoms with Crippen LogP contribution < -0.4 is 5.32 Å². The van der Waals surface area contributed by atoms with E-state index in [1.165, 1.54) is 0 Å². The highest BCUT2D eigenvalue weighted by Gasteiger charge is 2.34. The Balaban J connectivity index is 1.66. The molecule has 34 heavy (non-hydrogen) atoms. The van der Waals surface area contributed by atoms with E-state index in [0.717, 1.165) is 32.1 Å². The standard InChI is InChI=1S/C25H38N2O7/c1-24(2,14-23(31)34-27-21(29)12-13-22(27)30)17-32-18-25(3,4)16-26-20(28)15-33-19-10-8-6-5-7-9-11-19/h19H,5-8,10,12-18H2,1-4H3,(H,26,28). The van der Waals surface area contributed by atoms with Gasteiger partial charge < -0.3 is 19.6 Å². The number of imide groups is 1. The minimum atomic E-state index is -0.655. The zero-order valence-corrected chi connectivity index (χ0v) is 20.9. The Hall–Kier alpha value is -2.44. The van der Waals surface area contributed by atoms with Gasteiger partial charge in [0.15, 0.2) is 0 Å². The number of carbonyl (C=O) groups excluding carboxylic acids is 4. The second-order valence-corrected chi connectivity index (χ2v) is 10.5. The number of hydrogen-bond acceptors (Lipinski definition) is 7. The summed E-state index contributed by atoms with van der Waals surface area (Å²) >= 11 is 0. The molecule has 9 nitrogen and oxygen atoms in total. The van der Waals surface area contributed by atoms with Crippen LogP contribution in [0.25, 0.3) is 0 Å². The van der Waals surface area contributed by atoms with E-state index in [4.69, 9.17) is 14.3 Å². The number of carbonyl (C=O) groups is 4. The Morgan fingerprint density at radius 1 is 1.03 bits per heavy atom. The van der Waals surface area contributed by atoms with Crippen molar-refractivity contribution in [2.75, 3.05) is 26.4 Å². The minimum Gasteiger partial charge on any atom is -0.380 e. The van der Waals surface area contributed by atoms with Gasteiger partial charge in [0.2, 0.25) is 5.91 Å². The molecule has 1 atom stereocenters. The van der Waals surface area contributed by atoms with Gasteiger partial charge in [0.05, 0.1) is 19.6 Å². The maximum absolute atomic E-state index is 12.2. The molecule has 0 aromatic heterocycles. The Morgan fingerprint density at radius 3 is 2.41 bits per heavy atom. The molecule has 1 aliphatic carbocycles. The van der Waals surface area contributed by atoms with Crippen LogP contribution in [-0.4, -0.2) is 61.2 Å². The fourth-order valence-electron chi connectivity index (χ4n) is 3.56.